The van der Waals surface area contributed by atoms with Crippen LogP contribution in [-0.2, 0) is 6.54 Å². The molecule has 0 bridgehead atoms. The van der Waals surface area contributed by atoms with E-state index in [0.29, 0.717) is 17.8 Å². The molecule has 92 valence electrons. The molecule has 0 aliphatic rings. The first-order chi connectivity index (χ1) is 7.63. The number of halogens is 1. The summed E-state index contributed by atoms with van der Waals surface area (Å²) in [6, 6.07) is 0.422. The van der Waals surface area contributed by atoms with Crippen LogP contribution in [0.4, 0.5) is 0 Å². The van der Waals surface area contributed by atoms with Crippen molar-refractivity contribution < 1.29 is 0 Å². The monoisotopic (exact) mass is 243 g/mol. The molecule has 0 aliphatic heterocycles. The second-order valence-electron chi connectivity index (χ2n) is 4.60. The number of nitrogens with zero attached hydrogens (tertiary/aromatic N) is 2. The molecule has 1 aromatic rings. The van der Waals surface area contributed by atoms with E-state index in [-0.39, 0.29) is 0 Å². The summed E-state index contributed by atoms with van der Waals surface area (Å²) in [7, 11) is 0. The predicted octanol–water partition coefficient (Wildman–Crippen LogP) is 2.43. The van der Waals surface area contributed by atoms with Crippen LogP contribution in [0.2, 0.25) is 0 Å². The Kier molecular flexibility index (Phi) is 5.85. The number of aryl methyl sites for hydroxylation is 1. The summed E-state index contributed by atoms with van der Waals surface area (Å²) in [4.78, 5) is 4.19. The Morgan fingerprint density at radius 2 is 2.25 bits per heavy atom. The molecule has 0 amide bonds. The maximum atomic E-state index is 5.92. The molecule has 0 fully saturated rings. The highest BCUT2D eigenvalue weighted by Crippen LogP contribution is 2.06. The van der Waals surface area contributed by atoms with Crippen LogP contribution in [0, 0.1) is 12.8 Å². The molecule has 1 unspecified atom stereocenters. The number of nitrogens with one attached hydrogen (secondary N) is 1. The van der Waals surface area contributed by atoms with Gasteiger partial charge in [-0.25, -0.2) is 4.98 Å². The van der Waals surface area contributed by atoms with Crippen molar-refractivity contribution in [3.8, 4) is 0 Å². The minimum Gasteiger partial charge on any atom is -0.334 e. The van der Waals surface area contributed by atoms with Crippen molar-refractivity contribution in [3.63, 3.8) is 0 Å². The van der Waals surface area contributed by atoms with Gasteiger partial charge in [0.1, 0.15) is 5.82 Å². The summed E-state index contributed by atoms with van der Waals surface area (Å²) in [5.41, 5.74) is 0. The number of alkyl halides is 1. The SMILES string of the molecule is Cc1nccn1CCNC(CCl)CC(C)C. The summed E-state index contributed by atoms with van der Waals surface area (Å²) < 4.78 is 2.15. The predicted molar refractivity (Wildman–Crippen MR) is 68.9 cm³/mol. The molecule has 0 saturated heterocycles. The minimum absolute atomic E-state index is 0.422. The van der Waals surface area contributed by atoms with E-state index >= 15 is 0 Å². The fourth-order valence-corrected chi connectivity index (χ4v) is 2.03. The highest BCUT2D eigenvalue weighted by molar-refractivity contribution is 6.18. The maximum Gasteiger partial charge on any atom is 0.105 e. The zero-order valence-electron chi connectivity index (χ0n) is 10.4. The topological polar surface area (TPSA) is 29.9 Å². The van der Waals surface area contributed by atoms with Gasteiger partial charge < -0.3 is 9.88 Å². The number of aromatic nitrogens is 2. The lowest BCUT2D eigenvalue weighted by Crippen LogP contribution is -2.34. The largest absolute Gasteiger partial charge is 0.334 e. The van der Waals surface area contributed by atoms with Gasteiger partial charge in [-0.3, -0.25) is 0 Å². The molecule has 0 aliphatic carbocycles. The van der Waals surface area contributed by atoms with Gasteiger partial charge in [0.25, 0.3) is 0 Å². The van der Waals surface area contributed by atoms with E-state index in [1.54, 1.807) is 0 Å². The summed E-state index contributed by atoms with van der Waals surface area (Å²) in [6.07, 6.45) is 4.98. The van der Waals surface area contributed by atoms with Gasteiger partial charge in [-0.1, -0.05) is 13.8 Å². The molecule has 16 heavy (non-hydrogen) atoms. The summed E-state index contributed by atoms with van der Waals surface area (Å²) in [5, 5.41) is 3.49. The van der Waals surface area contributed by atoms with E-state index in [9.17, 15) is 0 Å². The van der Waals surface area contributed by atoms with Gasteiger partial charge >= 0.3 is 0 Å². The average Bonchev–Trinajstić information content (AvgIpc) is 2.62. The summed E-state index contributed by atoms with van der Waals surface area (Å²) in [5.74, 6) is 2.43. The molecule has 0 spiro atoms. The quantitative estimate of drug-likeness (QED) is 0.746. The van der Waals surface area contributed by atoms with Gasteiger partial charge in [0.2, 0.25) is 0 Å². The van der Waals surface area contributed by atoms with Gasteiger partial charge in [0, 0.05) is 37.4 Å². The third kappa shape index (κ3) is 4.54. The summed E-state index contributed by atoms with van der Waals surface area (Å²) in [6.45, 7) is 8.37. The first-order valence-corrected chi connectivity index (χ1v) is 6.44. The van der Waals surface area contributed by atoms with E-state index in [1.165, 1.54) is 0 Å². The molecule has 0 radical (unpaired) electrons. The lowest BCUT2D eigenvalue weighted by molar-refractivity contribution is 0.434. The molecule has 1 rings (SSSR count). The first kappa shape index (κ1) is 13.5. The van der Waals surface area contributed by atoms with E-state index in [0.717, 1.165) is 25.3 Å². The molecular weight excluding hydrogens is 222 g/mol. The number of hydrogen-bond donors (Lipinski definition) is 1. The molecule has 4 heteroatoms. The number of rotatable bonds is 7. The van der Waals surface area contributed by atoms with E-state index in [1.807, 2.05) is 19.3 Å². The Morgan fingerprint density at radius 3 is 2.75 bits per heavy atom. The van der Waals surface area contributed by atoms with Crippen molar-refractivity contribution in [1.82, 2.24) is 14.9 Å². The number of imidazole rings is 1. The van der Waals surface area contributed by atoms with E-state index in [2.05, 4.69) is 28.7 Å². The van der Waals surface area contributed by atoms with Crippen LogP contribution in [0.25, 0.3) is 0 Å². The first-order valence-electron chi connectivity index (χ1n) is 5.90. The van der Waals surface area contributed by atoms with E-state index < -0.39 is 0 Å². The fraction of sp³-hybridized carbons (Fsp3) is 0.750. The van der Waals surface area contributed by atoms with Crippen LogP contribution in [0.15, 0.2) is 12.4 Å². The van der Waals surface area contributed by atoms with Crippen molar-refractivity contribution >= 4 is 11.6 Å². The van der Waals surface area contributed by atoms with Crippen LogP contribution in [0.5, 0.6) is 0 Å². The Morgan fingerprint density at radius 1 is 1.50 bits per heavy atom. The molecule has 0 aromatic carbocycles. The van der Waals surface area contributed by atoms with Crippen LogP contribution in [0.3, 0.4) is 0 Å². The lowest BCUT2D eigenvalue weighted by Gasteiger charge is -2.18. The van der Waals surface area contributed by atoms with Crippen LogP contribution < -0.4 is 5.32 Å². The van der Waals surface area contributed by atoms with Crippen molar-refractivity contribution in [3.05, 3.63) is 18.2 Å². The Balaban J connectivity index is 2.26. The van der Waals surface area contributed by atoms with Crippen LogP contribution in [0.1, 0.15) is 26.1 Å². The third-order valence-corrected chi connectivity index (χ3v) is 3.02. The molecular formula is C12H22ClN3. The van der Waals surface area contributed by atoms with Crippen LogP contribution >= 0.6 is 11.6 Å². The van der Waals surface area contributed by atoms with Crippen molar-refractivity contribution in [2.75, 3.05) is 12.4 Å². The second-order valence-corrected chi connectivity index (χ2v) is 4.91. The molecule has 0 saturated carbocycles. The van der Waals surface area contributed by atoms with Crippen LogP contribution in [-0.4, -0.2) is 28.0 Å². The molecule has 1 aromatic heterocycles. The van der Waals surface area contributed by atoms with Crippen molar-refractivity contribution in [2.45, 2.75) is 39.8 Å². The molecule has 3 nitrogen and oxygen atoms in total. The molecule has 1 N–H and O–H groups in total. The van der Waals surface area contributed by atoms with Gasteiger partial charge in [0.05, 0.1) is 0 Å². The normalized spacial score (nSPS) is 13.3. The van der Waals surface area contributed by atoms with Gasteiger partial charge in [0.15, 0.2) is 0 Å². The second kappa shape index (κ2) is 6.92. The minimum atomic E-state index is 0.422. The Bertz CT molecular complexity index is 296. The molecule has 1 atom stereocenters. The standard InChI is InChI=1S/C12H22ClN3/c1-10(2)8-12(9-13)15-5-7-16-6-4-14-11(16)3/h4,6,10,12,15H,5,7-9H2,1-3H3. The lowest BCUT2D eigenvalue weighted by atomic mass is 10.1. The maximum absolute atomic E-state index is 5.92. The van der Waals surface area contributed by atoms with Gasteiger partial charge in [-0.2, -0.15) is 0 Å². The highest BCUT2D eigenvalue weighted by atomic mass is 35.5. The Labute approximate surface area is 103 Å². The van der Waals surface area contributed by atoms with E-state index in [4.69, 9.17) is 11.6 Å². The smallest absolute Gasteiger partial charge is 0.105 e. The average molecular weight is 244 g/mol. The molecule has 1 heterocycles. The zero-order valence-corrected chi connectivity index (χ0v) is 11.2. The van der Waals surface area contributed by atoms with Crippen molar-refractivity contribution in [1.29, 1.82) is 0 Å². The zero-order chi connectivity index (χ0) is 12.0. The van der Waals surface area contributed by atoms with Gasteiger partial charge in [-0.05, 0) is 19.3 Å². The summed E-state index contributed by atoms with van der Waals surface area (Å²) >= 11 is 5.92. The third-order valence-electron chi connectivity index (χ3n) is 2.65. The highest BCUT2D eigenvalue weighted by Gasteiger charge is 2.08. The number of hydrogen-bond acceptors (Lipinski definition) is 2. The fourth-order valence-electron chi connectivity index (χ4n) is 1.80. The Hall–Kier alpha value is -0.540. The van der Waals surface area contributed by atoms with Crippen molar-refractivity contribution in [2.24, 2.45) is 5.92 Å². The van der Waals surface area contributed by atoms with Gasteiger partial charge in [-0.15, -0.1) is 11.6 Å².